The second kappa shape index (κ2) is 3.90. The molecule has 1 aromatic carbocycles. The van der Waals surface area contributed by atoms with Gasteiger partial charge in [-0.15, -0.1) is 5.10 Å². The maximum absolute atomic E-state index is 12.8. The molecule has 0 saturated heterocycles. The van der Waals surface area contributed by atoms with Crippen molar-refractivity contribution in [3.8, 4) is 11.3 Å². The predicted octanol–water partition coefficient (Wildman–Crippen LogP) is 2.02. The first-order valence-electron chi connectivity index (χ1n) is 4.07. The number of nitrogens with zero attached hydrogens (tertiary/aromatic N) is 3. The number of anilines is 1. The van der Waals surface area contributed by atoms with Crippen molar-refractivity contribution in [1.82, 2.24) is 15.2 Å². The molecule has 1 heterocycles. The molecule has 0 bridgehead atoms. The van der Waals surface area contributed by atoms with Gasteiger partial charge in [-0.3, -0.25) is 0 Å². The van der Waals surface area contributed by atoms with Crippen LogP contribution in [0.15, 0.2) is 28.9 Å². The summed E-state index contributed by atoms with van der Waals surface area (Å²) in [4.78, 5) is 3.99. The number of halogens is 2. The second-order valence-electron chi connectivity index (χ2n) is 2.82. The summed E-state index contributed by atoms with van der Waals surface area (Å²) in [5.41, 5.74) is 6.67. The van der Waals surface area contributed by atoms with E-state index in [4.69, 9.17) is 5.73 Å². The Morgan fingerprint density at radius 1 is 1.33 bits per heavy atom. The van der Waals surface area contributed by atoms with Gasteiger partial charge in [0.25, 0.3) is 0 Å². The van der Waals surface area contributed by atoms with Gasteiger partial charge < -0.3 is 5.73 Å². The maximum atomic E-state index is 12.8. The molecule has 15 heavy (non-hydrogen) atoms. The Morgan fingerprint density at radius 3 is 2.80 bits per heavy atom. The van der Waals surface area contributed by atoms with Gasteiger partial charge in [0.1, 0.15) is 5.82 Å². The normalized spacial score (nSPS) is 10.3. The van der Waals surface area contributed by atoms with Crippen LogP contribution < -0.4 is 5.73 Å². The largest absolute Gasteiger partial charge is 0.366 e. The van der Waals surface area contributed by atoms with Crippen molar-refractivity contribution < 1.29 is 4.39 Å². The van der Waals surface area contributed by atoms with Crippen molar-refractivity contribution in [2.45, 2.75) is 0 Å². The van der Waals surface area contributed by atoms with Gasteiger partial charge in [0.2, 0.25) is 5.95 Å². The topological polar surface area (TPSA) is 64.7 Å². The summed E-state index contributed by atoms with van der Waals surface area (Å²) >= 11 is 3.24. The molecule has 1 aromatic heterocycles. The fraction of sp³-hybridized carbons (Fsp3) is 0. The number of nitrogen functional groups attached to an aromatic ring is 1. The number of aromatic nitrogens is 3. The van der Waals surface area contributed by atoms with Crippen LogP contribution in [0.1, 0.15) is 0 Å². The highest BCUT2D eigenvalue weighted by molar-refractivity contribution is 9.10. The highest BCUT2D eigenvalue weighted by atomic mass is 79.9. The molecule has 0 aliphatic heterocycles. The quantitative estimate of drug-likeness (QED) is 0.860. The fourth-order valence-corrected chi connectivity index (χ4v) is 1.70. The summed E-state index contributed by atoms with van der Waals surface area (Å²) < 4.78 is 13.4. The number of benzene rings is 1. The van der Waals surface area contributed by atoms with Crippen LogP contribution in [0.25, 0.3) is 11.3 Å². The molecule has 4 nitrogen and oxygen atoms in total. The summed E-state index contributed by atoms with van der Waals surface area (Å²) in [5.74, 6) is -0.232. The molecule has 0 radical (unpaired) electrons. The van der Waals surface area contributed by atoms with Crippen LogP contribution >= 0.6 is 15.9 Å². The summed E-state index contributed by atoms with van der Waals surface area (Å²) in [6.45, 7) is 0. The SMILES string of the molecule is Nc1nncc(-c2ccc(F)cc2Br)n1. The fourth-order valence-electron chi connectivity index (χ4n) is 1.14. The summed E-state index contributed by atoms with van der Waals surface area (Å²) in [6.07, 6.45) is 1.47. The van der Waals surface area contributed by atoms with Crippen molar-refractivity contribution in [2.75, 3.05) is 5.73 Å². The average molecular weight is 269 g/mol. The maximum Gasteiger partial charge on any atom is 0.240 e. The predicted molar refractivity (Wildman–Crippen MR) is 57.3 cm³/mol. The standard InChI is InChI=1S/C9H6BrFN4/c10-7-3-5(11)1-2-6(7)8-4-13-15-9(12)14-8/h1-4H,(H2,12,14,15). The van der Waals surface area contributed by atoms with E-state index in [1.165, 1.54) is 18.3 Å². The molecule has 2 rings (SSSR count). The highest BCUT2D eigenvalue weighted by Gasteiger charge is 2.06. The molecular formula is C9H6BrFN4. The zero-order chi connectivity index (χ0) is 10.8. The molecule has 0 amide bonds. The van der Waals surface area contributed by atoms with Crippen molar-refractivity contribution in [3.05, 3.63) is 34.7 Å². The van der Waals surface area contributed by atoms with Crippen LogP contribution in [-0.2, 0) is 0 Å². The van der Waals surface area contributed by atoms with Crippen molar-refractivity contribution >= 4 is 21.9 Å². The Hall–Kier alpha value is -1.56. The summed E-state index contributed by atoms with van der Waals surface area (Å²) in [6, 6.07) is 4.30. The van der Waals surface area contributed by atoms with Gasteiger partial charge in [0.05, 0.1) is 11.9 Å². The van der Waals surface area contributed by atoms with E-state index in [1.54, 1.807) is 6.07 Å². The molecule has 0 unspecified atom stereocenters. The van der Waals surface area contributed by atoms with Gasteiger partial charge in [-0.05, 0) is 34.1 Å². The first kappa shape index (κ1) is 9.97. The third-order valence-corrected chi connectivity index (χ3v) is 2.44. The first-order valence-corrected chi connectivity index (χ1v) is 4.87. The molecular weight excluding hydrogens is 263 g/mol. The van der Waals surface area contributed by atoms with Crippen molar-refractivity contribution in [3.63, 3.8) is 0 Å². The minimum absolute atomic E-state index is 0.0868. The zero-order valence-corrected chi connectivity index (χ0v) is 9.07. The number of hydrogen-bond acceptors (Lipinski definition) is 4. The van der Waals surface area contributed by atoms with Crippen LogP contribution in [0.4, 0.5) is 10.3 Å². The molecule has 0 saturated carbocycles. The van der Waals surface area contributed by atoms with Gasteiger partial charge in [-0.1, -0.05) is 0 Å². The molecule has 2 aromatic rings. The Labute approximate surface area is 93.5 Å². The van der Waals surface area contributed by atoms with Gasteiger partial charge >= 0.3 is 0 Å². The number of hydrogen-bond donors (Lipinski definition) is 1. The van der Waals surface area contributed by atoms with Crippen LogP contribution in [-0.4, -0.2) is 15.2 Å². The molecule has 6 heteroatoms. The van der Waals surface area contributed by atoms with E-state index in [9.17, 15) is 4.39 Å². The lowest BCUT2D eigenvalue weighted by Crippen LogP contribution is -1.98. The minimum Gasteiger partial charge on any atom is -0.366 e. The highest BCUT2D eigenvalue weighted by Crippen LogP contribution is 2.26. The molecule has 0 aliphatic rings. The zero-order valence-electron chi connectivity index (χ0n) is 7.48. The molecule has 76 valence electrons. The van der Waals surface area contributed by atoms with E-state index in [2.05, 4.69) is 31.1 Å². The van der Waals surface area contributed by atoms with E-state index in [0.717, 1.165) is 5.56 Å². The Balaban J connectivity index is 2.54. The van der Waals surface area contributed by atoms with E-state index < -0.39 is 0 Å². The first-order chi connectivity index (χ1) is 7.16. The van der Waals surface area contributed by atoms with Crippen molar-refractivity contribution in [1.29, 1.82) is 0 Å². The van der Waals surface area contributed by atoms with Gasteiger partial charge in [-0.25, -0.2) is 9.37 Å². The lowest BCUT2D eigenvalue weighted by atomic mass is 10.2. The Kier molecular flexibility index (Phi) is 2.59. The van der Waals surface area contributed by atoms with Crippen LogP contribution in [0.5, 0.6) is 0 Å². The van der Waals surface area contributed by atoms with E-state index in [1.807, 2.05) is 0 Å². The lowest BCUT2D eigenvalue weighted by molar-refractivity contribution is 0.627. The van der Waals surface area contributed by atoms with Crippen LogP contribution in [0.2, 0.25) is 0 Å². The van der Waals surface area contributed by atoms with Crippen LogP contribution in [0, 0.1) is 5.82 Å². The smallest absolute Gasteiger partial charge is 0.240 e. The molecule has 2 N–H and O–H groups in total. The monoisotopic (exact) mass is 268 g/mol. The summed E-state index contributed by atoms with van der Waals surface area (Å²) in [7, 11) is 0. The van der Waals surface area contributed by atoms with Gasteiger partial charge in [-0.2, -0.15) is 5.10 Å². The average Bonchev–Trinajstić information content (AvgIpc) is 2.17. The molecule has 0 fully saturated rings. The van der Waals surface area contributed by atoms with E-state index >= 15 is 0 Å². The molecule has 0 aliphatic carbocycles. The third-order valence-electron chi connectivity index (χ3n) is 1.78. The van der Waals surface area contributed by atoms with Crippen molar-refractivity contribution in [2.24, 2.45) is 0 Å². The number of nitrogens with two attached hydrogens (primary N) is 1. The number of rotatable bonds is 1. The lowest BCUT2D eigenvalue weighted by Gasteiger charge is -2.03. The molecule has 0 atom stereocenters. The third kappa shape index (κ3) is 2.10. The molecule has 0 spiro atoms. The second-order valence-corrected chi connectivity index (χ2v) is 3.68. The van der Waals surface area contributed by atoms with E-state index in [0.29, 0.717) is 10.2 Å². The van der Waals surface area contributed by atoms with E-state index in [-0.39, 0.29) is 11.8 Å². The van der Waals surface area contributed by atoms with Gasteiger partial charge in [0.15, 0.2) is 0 Å². The Bertz CT molecular complexity index is 503. The summed E-state index contributed by atoms with van der Waals surface area (Å²) in [5, 5.41) is 7.21. The van der Waals surface area contributed by atoms with Gasteiger partial charge in [0, 0.05) is 10.0 Å². The Morgan fingerprint density at radius 2 is 2.13 bits per heavy atom. The minimum atomic E-state index is -0.319. The van der Waals surface area contributed by atoms with Crippen LogP contribution in [0.3, 0.4) is 0 Å².